The van der Waals surface area contributed by atoms with Crippen LogP contribution in [0.2, 0.25) is 0 Å². The lowest BCUT2D eigenvalue weighted by Crippen LogP contribution is -2.47. The van der Waals surface area contributed by atoms with Crippen molar-refractivity contribution in [2.75, 3.05) is 39.8 Å². The van der Waals surface area contributed by atoms with Gasteiger partial charge in [0.2, 0.25) is 11.8 Å². The van der Waals surface area contributed by atoms with E-state index in [1.807, 2.05) is 18.7 Å². The van der Waals surface area contributed by atoms with Gasteiger partial charge in [-0.3, -0.25) is 9.59 Å². The lowest BCUT2D eigenvalue weighted by Gasteiger charge is -2.33. The van der Waals surface area contributed by atoms with Crippen LogP contribution in [0.3, 0.4) is 0 Å². The number of nitrogens with one attached hydrogen (secondary N) is 2. The standard InChI is InChI=1S/C27H44N4O4/c1-5-35-27(34)25-19(2)23(20(3)29-25)13-14-24(32)31-16-9-10-21(18-31)26(33)28-15-17-30(4)22-11-7-6-8-12-22/h21-22,29H,5-18H2,1-4H3,(H,28,33)/t21-/m1/s1. The molecule has 1 aliphatic carbocycles. The number of hydrogen-bond donors (Lipinski definition) is 2. The Balaban J connectivity index is 1.45. The number of likely N-dealkylation sites (N-methyl/N-ethyl adjacent to an activating group) is 1. The summed E-state index contributed by atoms with van der Waals surface area (Å²) in [6.45, 7) is 8.63. The Morgan fingerprint density at radius 1 is 1.11 bits per heavy atom. The van der Waals surface area contributed by atoms with Gasteiger partial charge in [0.1, 0.15) is 5.69 Å². The lowest BCUT2D eigenvalue weighted by molar-refractivity contribution is -0.135. The number of ether oxygens (including phenoxy) is 1. The number of carbonyl (C=O) groups is 3. The molecule has 0 unspecified atom stereocenters. The van der Waals surface area contributed by atoms with Crippen molar-refractivity contribution in [1.29, 1.82) is 0 Å². The van der Waals surface area contributed by atoms with E-state index < -0.39 is 0 Å². The molecule has 2 aliphatic rings. The summed E-state index contributed by atoms with van der Waals surface area (Å²) in [5, 5.41) is 3.11. The van der Waals surface area contributed by atoms with Gasteiger partial charge >= 0.3 is 5.97 Å². The van der Waals surface area contributed by atoms with Crippen molar-refractivity contribution in [3.8, 4) is 0 Å². The van der Waals surface area contributed by atoms with E-state index in [0.717, 1.165) is 36.2 Å². The van der Waals surface area contributed by atoms with Crippen molar-refractivity contribution in [2.45, 2.75) is 84.6 Å². The number of amides is 2. The minimum atomic E-state index is -0.361. The van der Waals surface area contributed by atoms with Gasteiger partial charge in [-0.2, -0.15) is 0 Å². The van der Waals surface area contributed by atoms with Crippen LogP contribution < -0.4 is 5.32 Å². The first-order valence-electron chi connectivity index (χ1n) is 13.4. The summed E-state index contributed by atoms with van der Waals surface area (Å²) in [7, 11) is 2.16. The van der Waals surface area contributed by atoms with Gasteiger partial charge < -0.3 is 24.8 Å². The van der Waals surface area contributed by atoms with Crippen LogP contribution in [0.1, 0.15) is 85.6 Å². The Labute approximate surface area is 210 Å². The second kappa shape index (κ2) is 13.1. The highest BCUT2D eigenvalue weighted by atomic mass is 16.5. The van der Waals surface area contributed by atoms with E-state index in [0.29, 0.717) is 50.8 Å². The van der Waals surface area contributed by atoms with Crippen molar-refractivity contribution in [2.24, 2.45) is 5.92 Å². The summed E-state index contributed by atoms with van der Waals surface area (Å²) in [5.74, 6) is -0.368. The number of likely N-dealkylation sites (tertiary alicyclic amines) is 1. The van der Waals surface area contributed by atoms with Crippen LogP contribution in [0, 0.1) is 19.8 Å². The van der Waals surface area contributed by atoms with Gasteiger partial charge in [-0.1, -0.05) is 19.3 Å². The van der Waals surface area contributed by atoms with E-state index in [2.05, 4.69) is 22.2 Å². The molecule has 0 aromatic carbocycles. The molecule has 0 spiro atoms. The van der Waals surface area contributed by atoms with Crippen molar-refractivity contribution >= 4 is 17.8 Å². The van der Waals surface area contributed by atoms with E-state index >= 15 is 0 Å². The quantitative estimate of drug-likeness (QED) is 0.493. The normalized spacial score (nSPS) is 19.1. The van der Waals surface area contributed by atoms with Crippen LogP contribution in [0.25, 0.3) is 0 Å². The molecule has 1 aromatic heterocycles. The van der Waals surface area contributed by atoms with Gasteiger partial charge in [0.25, 0.3) is 0 Å². The smallest absolute Gasteiger partial charge is 0.355 e. The second-order valence-corrected chi connectivity index (χ2v) is 10.2. The Kier molecular flexibility index (Phi) is 10.2. The van der Waals surface area contributed by atoms with Crippen LogP contribution in [0.4, 0.5) is 0 Å². The third kappa shape index (κ3) is 7.32. The molecule has 0 radical (unpaired) electrons. The zero-order chi connectivity index (χ0) is 25.4. The Hall–Kier alpha value is -2.35. The van der Waals surface area contributed by atoms with Crippen molar-refractivity contribution in [3.63, 3.8) is 0 Å². The van der Waals surface area contributed by atoms with E-state index in [4.69, 9.17) is 4.74 Å². The first-order chi connectivity index (χ1) is 16.8. The van der Waals surface area contributed by atoms with Gasteiger partial charge in [0.05, 0.1) is 12.5 Å². The molecule has 35 heavy (non-hydrogen) atoms. The minimum absolute atomic E-state index is 0.0657. The molecule has 8 heteroatoms. The fourth-order valence-corrected chi connectivity index (χ4v) is 5.58. The van der Waals surface area contributed by atoms with Crippen molar-refractivity contribution < 1.29 is 19.1 Å². The molecule has 2 heterocycles. The Bertz CT molecular complexity index is 875. The molecule has 1 atom stereocenters. The monoisotopic (exact) mass is 488 g/mol. The highest BCUT2D eigenvalue weighted by Gasteiger charge is 2.29. The predicted octanol–water partition coefficient (Wildman–Crippen LogP) is 3.36. The van der Waals surface area contributed by atoms with Crippen LogP contribution in [0.5, 0.6) is 0 Å². The van der Waals surface area contributed by atoms with Crippen LogP contribution >= 0.6 is 0 Å². The minimum Gasteiger partial charge on any atom is -0.461 e. The van der Waals surface area contributed by atoms with Crippen molar-refractivity contribution in [3.05, 3.63) is 22.5 Å². The zero-order valence-electron chi connectivity index (χ0n) is 22.1. The Morgan fingerprint density at radius 2 is 1.86 bits per heavy atom. The molecule has 2 N–H and O–H groups in total. The molecular formula is C27H44N4O4. The average molecular weight is 489 g/mol. The first-order valence-corrected chi connectivity index (χ1v) is 13.4. The maximum absolute atomic E-state index is 13.0. The lowest BCUT2D eigenvalue weighted by atomic mass is 9.94. The van der Waals surface area contributed by atoms with E-state index in [-0.39, 0.29) is 23.7 Å². The van der Waals surface area contributed by atoms with Gasteiger partial charge in [0, 0.05) is 44.3 Å². The molecule has 1 saturated heterocycles. The number of carbonyl (C=O) groups excluding carboxylic acids is 3. The predicted molar refractivity (Wildman–Crippen MR) is 136 cm³/mol. The zero-order valence-corrected chi connectivity index (χ0v) is 22.1. The highest BCUT2D eigenvalue weighted by molar-refractivity contribution is 5.90. The number of nitrogens with zero attached hydrogens (tertiary/aromatic N) is 2. The number of aromatic amines is 1. The molecule has 3 rings (SSSR count). The maximum Gasteiger partial charge on any atom is 0.355 e. The number of rotatable bonds is 10. The summed E-state index contributed by atoms with van der Waals surface area (Å²) in [6, 6.07) is 0.643. The number of piperidine rings is 1. The van der Waals surface area contributed by atoms with Crippen molar-refractivity contribution in [1.82, 2.24) is 20.1 Å². The largest absolute Gasteiger partial charge is 0.461 e. The topological polar surface area (TPSA) is 94.7 Å². The van der Waals surface area contributed by atoms with Crippen LogP contribution in [-0.2, 0) is 20.7 Å². The van der Waals surface area contributed by atoms with E-state index in [1.165, 1.54) is 32.1 Å². The summed E-state index contributed by atoms with van der Waals surface area (Å²) in [5.41, 5.74) is 3.21. The second-order valence-electron chi connectivity index (χ2n) is 10.2. The number of esters is 1. The summed E-state index contributed by atoms with van der Waals surface area (Å²) >= 11 is 0. The molecule has 2 fully saturated rings. The van der Waals surface area contributed by atoms with Gasteiger partial charge in [0.15, 0.2) is 0 Å². The maximum atomic E-state index is 13.0. The molecule has 1 saturated carbocycles. The summed E-state index contributed by atoms with van der Waals surface area (Å²) in [4.78, 5) is 45.2. The highest BCUT2D eigenvalue weighted by Crippen LogP contribution is 2.23. The molecule has 2 amide bonds. The molecule has 8 nitrogen and oxygen atoms in total. The third-order valence-corrected chi connectivity index (χ3v) is 7.77. The van der Waals surface area contributed by atoms with Crippen LogP contribution in [0.15, 0.2) is 0 Å². The molecule has 1 aromatic rings. The number of aryl methyl sites for hydroxylation is 1. The van der Waals surface area contributed by atoms with E-state index in [1.54, 1.807) is 6.92 Å². The number of H-pyrrole nitrogens is 1. The SMILES string of the molecule is CCOC(=O)c1[nH]c(C)c(CCC(=O)N2CCC[C@@H](C(=O)NCCN(C)C3CCCCC3)C2)c1C. The number of aromatic nitrogens is 1. The fraction of sp³-hybridized carbons (Fsp3) is 0.741. The number of hydrogen-bond acceptors (Lipinski definition) is 5. The van der Waals surface area contributed by atoms with Gasteiger partial charge in [-0.15, -0.1) is 0 Å². The average Bonchev–Trinajstić information content (AvgIpc) is 3.16. The Morgan fingerprint density at radius 3 is 2.57 bits per heavy atom. The summed E-state index contributed by atoms with van der Waals surface area (Å²) in [6.07, 6.45) is 9.08. The molecular weight excluding hydrogens is 444 g/mol. The molecule has 0 bridgehead atoms. The van der Waals surface area contributed by atoms with Crippen LogP contribution in [-0.4, -0.2) is 78.4 Å². The summed E-state index contributed by atoms with van der Waals surface area (Å²) < 4.78 is 5.12. The first kappa shape index (κ1) is 27.2. The molecule has 196 valence electrons. The molecule has 1 aliphatic heterocycles. The van der Waals surface area contributed by atoms with Gasteiger partial charge in [-0.25, -0.2) is 4.79 Å². The van der Waals surface area contributed by atoms with Gasteiger partial charge in [-0.05, 0) is 71.0 Å². The third-order valence-electron chi connectivity index (χ3n) is 7.77. The van der Waals surface area contributed by atoms with E-state index in [9.17, 15) is 14.4 Å². The fourth-order valence-electron chi connectivity index (χ4n) is 5.58.